The molecule has 3 heteroatoms. The SMILES string of the molecule is CC(C)Cc1nc2ccc(CCS)cc2[nH]1. The molecule has 1 heterocycles. The lowest BCUT2D eigenvalue weighted by atomic mass is 10.1. The van der Waals surface area contributed by atoms with E-state index in [-0.39, 0.29) is 0 Å². The maximum absolute atomic E-state index is 4.58. The summed E-state index contributed by atoms with van der Waals surface area (Å²) < 4.78 is 0. The first-order valence-electron chi connectivity index (χ1n) is 5.77. The number of aromatic nitrogens is 2. The fraction of sp³-hybridized carbons (Fsp3) is 0.462. The number of nitrogens with zero attached hydrogens (tertiary/aromatic N) is 1. The van der Waals surface area contributed by atoms with E-state index in [0.717, 1.165) is 35.5 Å². The number of fused-ring (bicyclic) bond motifs is 1. The van der Waals surface area contributed by atoms with Crippen LogP contribution in [0.1, 0.15) is 25.2 Å². The Balaban J connectivity index is 2.30. The molecule has 0 atom stereocenters. The lowest BCUT2D eigenvalue weighted by Crippen LogP contribution is -1.95. The molecule has 2 nitrogen and oxygen atoms in total. The number of thiol groups is 1. The zero-order valence-electron chi connectivity index (χ0n) is 9.83. The molecule has 86 valence electrons. The van der Waals surface area contributed by atoms with Crippen molar-refractivity contribution in [2.45, 2.75) is 26.7 Å². The van der Waals surface area contributed by atoms with E-state index in [2.05, 4.69) is 54.6 Å². The Kier molecular flexibility index (Phi) is 3.54. The summed E-state index contributed by atoms with van der Waals surface area (Å²) in [7, 11) is 0. The van der Waals surface area contributed by atoms with Crippen LogP contribution in [0.25, 0.3) is 11.0 Å². The van der Waals surface area contributed by atoms with Gasteiger partial charge < -0.3 is 4.98 Å². The summed E-state index contributed by atoms with van der Waals surface area (Å²) in [4.78, 5) is 7.97. The first-order valence-corrected chi connectivity index (χ1v) is 6.40. The molecule has 0 spiro atoms. The van der Waals surface area contributed by atoms with Gasteiger partial charge in [-0.15, -0.1) is 0 Å². The summed E-state index contributed by atoms with van der Waals surface area (Å²) in [6.45, 7) is 4.42. The van der Waals surface area contributed by atoms with Crippen LogP contribution < -0.4 is 0 Å². The highest BCUT2D eigenvalue weighted by Crippen LogP contribution is 2.16. The van der Waals surface area contributed by atoms with Crippen molar-refractivity contribution < 1.29 is 0 Å². The van der Waals surface area contributed by atoms with Crippen molar-refractivity contribution in [3.05, 3.63) is 29.6 Å². The van der Waals surface area contributed by atoms with Crippen molar-refractivity contribution in [3.8, 4) is 0 Å². The van der Waals surface area contributed by atoms with Crippen molar-refractivity contribution in [3.63, 3.8) is 0 Å². The number of hydrogen-bond acceptors (Lipinski definition) is 2. The molecule has 1 N–H and O–H groups in total. The minimum absolute atomic E-state index is 0.637. The number of hydrogen-bond donors (Lipinski definition) is 2. The molecule has 0 aliphatic heterocycles. The molecule has 1 aromatic heterocycles. The number of H-pyrrole nitrogens is 1. The van der Waals surface area contributed by atoms with Gasteiger partial charge in [0.15, 0.2) is 0 Å². The van der Waals surface area contributed by atoms with Crippen LogP contribution in [0.3, 0.4) is 0 Å². The van der Waals surface area contributed by atoms with E-state index in [0.29, 0.717) is 5.92 Å². The van der Waals surface area contributed by atoms with Gasteiger partial charge in [-0.1, -0.05) is 19.9 Å². The number of rotatable bonds is 4. The first-order chi connectivity index (χ1) is 7.69. The molecule has 0 amide bonds. The average Bonchev–Trinajstić information content (AvgIpc) is 2.58. The summed E-state index contributed by atoms with van der Waals surface area (Å²) >= 11 is 4.25. The van der Waals surface area contributed by atoms with E-state index in [4.69, 9.17) is 0 Å². The van der Waals surface area contributed by atoms with Gasteiger partial charge in [-0.25, -0.2) is 4.98 Å². The first kappa shape index (κ1) is 11.5. The molecule has 1 aromatic carbocycles. The minimum atomic E-state index is 0.637. The molecule has 2 aromatic rings. The molecular formula is C13H18N2S. The Morgan fingerprint density at radius 2 is 2.19 bits per heavy atom. The lowest BCUT2D eigenvalue weighted by Gasteiger charge is -1.98. The zero-order chi connectivity index (χ0) is 11.5. The Morgan fingerprint density at radius 1 is 1.38 bits per heavy atom. The number of imidazole rings is 1. The molecule has 0 fully saturated rings. The lowest BCUT2D eigenvalue weighted by molar-refractivity contribution is 0.627. The normalized spacial score (nSPS) is 11.5. The van der Waals surface area contributed by atoms with Crippen LogP contribution in [0.15, 0.2) is 18.2 Å². The fourth-order valence-corrected chi connectivity index (χ4v) is 2.14. The summed E-state index contributed by atoms with van der Waals surface area (Å²) in [5.41, 5.74) is 3.54. The van der Waals surface area contributed by atoms with Crippen molar-refractivity contribution in [1.82, 2.24) is 9.97 Å². The molecule has 0 saturated carbocycles. The van der Waals surface area contributed by atoms with Crippen LogP contribution in [-0.2, 0) is 12.8 Å². The highest BCUT2D eigenvalue weighted by atomic mass is 32.1. The standard InChI is InChI=1S/C13H18N2S/c1-9(2)7-13-14-11-4-3-10(5-6-16)8-12(11)15-13/h3-4,8-9,16H,5-7H2,1-2H3,(H,14,15). The van der Waals surface area contributed by atoms with Crippen LogP contribution in [-0.4, -0.2) is 15.7 Å². The van der Waals surface area contributed by atoms with Gasteiger partial charge in [-0.3, -0.25) is 0 Å². The molecule has 16 heavy (non-hydrogen) atoms. The van der Waals surface area contributed by atoms with Crippen LogP contribution in [0.5, 0.6) is 0 Å². The maximum atomic E-state index is 4.58. The van der Waals surface area contributed by atoms with E-state index < -0.39 is 0 Å². The highest BCUT2D eigenvalue weighted by Gasteiger charge is 2.05. The van der Waals surface area contributed by atoms with Crippen molar-refractivity contribution >= 4 is 23.7 Å². The number of aromatic amines is 1. The van der Waals surface area contributed by atoms with Gasteiger partial charge in [-0.2, -0.15) is 12.6 Å². The Bertz CT molecular complexity index is 474. The van der Waals surface area contributed by atoms with E-state index in [1.807, 2.05) is 0 Å². The van der Waals surface area contributed by atoms with E-state index in [9.17, 15) is 0 Å². The van der Waals surface area contributed by atoms with Crippen LogP contribution in [0.4, 0.5) is 0 Å². The highest BCUT2D eigenvalue weighted by molar-refractivity contribution is 7.80. The van der Waals surface area contributed by atoms with E-state index >= 15 is 0 Å². The second-order valence-electron chi connectivity index (χ2n) is 4.61. The molecule has 0 saturated heterocycles. The summed E-state index contributed by atoms with van der Waals surface area (Å²) in [5, 5.41) is 0. The smallest absolute Gasteiger partial charge is 0.107 e. The largest absolute Gasteiger partial charge is 0.342 e. The molecule has 0 radical (unpaired) electrons. The third kappa shape index (κ3) is 2.59. The number of benzene rings is 1. The monoisotopic (exact) mass is 234 g/mol. The van der Waals surface area contributed by atoms with Crippen molar-refractivity contribution in [2.24, 2.45) is 5.92 Å². The topological polar surface area (TPSA) is 28.7 Å². The fourth-order valence-electron chi connectivity index (χ4n) is 1.88. The second kappa shape index (κ2) is 4.91. The quantitative estimate of drug-likeness (QED) is 0.781. The second-order valence-corrected chi connectivity index (χ2v) is 5.05. The number of aryl methyl sites for hydroxylation is 1. The van der Waals surface area contributed by atoms with Gasteiger partial charge in [0.2, 0.25) is 0 Å². The van der Waals surface area contributed by atoms with Gasteiger partial charge in [-0.05, 0) is 35.8 Å². The summed E-state index contributed by atoms with van der Waals surface area (Å²) in [6, 6.07) is 6.41. The minimum Gasteiger partial charge on any atom is -0.342 e. The van der Waals surface area contributed by atoms with Gasteiger partial charge in [0.05, 0.1) is 11.0 Å². The molecule has 0 aliphatic rings. The molecule has 0 bridgehead atoms. The van der Waals surface area contributed by atoms with Crippen LogP contribution in [0.2, 0.25) is 0 Å². The molecule has 0 unspecified atom stereocenters. The Hall–Kier alpha value is -0.960. The van der Waals surface area contributed by atoms with Gasteiger partial charge in [0.1, 0.15) is 5.82 Å². The third-order valence-electron chi connectivity index (χ3n) is 2.60. The zero-order valence-corrected chi connectivity index (χ0v) is 10.7. The molecule has 2 rings (SSSR count). The van der Waals surface area contributed by atoms with Gasteiger partial charge in [0.25, 0.3) is 0 Å². The molecule has 0 aliphatic carbocycles. The average molecular weight is 234 g/mol. The van der Waals surface area contributed by atoms with E-state index in [1.54, 1.807) is 0 Å². The Labute approximate surface area is 102 Å². The predicted octanol–water partition coefficient (Wildman–Crippen LogP) is 3.23. The van der Waals surface area contributed by atoms with Crippen LogP contribution in [0, 0.1) is 5.92 Å². The van der Waals surface area contributed by atoms with Gasteiger partial charge >= 0.3 is 0 Å². The summed E-state index contributed by atoms with van der Waals surface area (Å²) in [5.74, 6) is 2.61. The predicted molar refractivity (Wildman–Crippen MR) is 72.2 cm³/mol. The molecular weight excluding hydrogens is 216 g/mol. The number of nitrogens with one attached hydrogen (secondary N) is 1. The van der Waals surface area contributed by atoms with E-state index in [1.165, 1.54) is 5.56 Å². The van der Waals surface area contributed by atoms with Crippen molar-refractivity contribution in [1.29, 1.82) is 0 Å². The van der Waals surface area contributed by atoms with Crippen LogP contribution >= 0.6 is 12.6 Å². The van der Waals surface area contributed by atoms with Gasteiger partial charge in [0, 0.05) is 6.42 Å². The maximum Gasteiger partial charge on any atom is 0.107 e. The summed E-state index contributed by atoms with van der Waals surface area (Å²) in [6.07, 6.45) is 2.02. The third-order valence-corrected chi connectivity index (χ3v) is 2.82. The Morgan fingerprint density at radius 3 is 2.88 bits per heavy atom. The van der Waals surface area contributed by atoms with Crippen molar-refractivity contribution in [2.75, 3.05) is 5.75 Å².